The molecule has 4 N–H and O–H groups in total. The predicted molar refractivity (Wildman–Crippen MR) is 85.3 cm³/mol. The Balaban J connectivity index is 0.000000309. The third-order valence-electron chi connectivity index (χ3n) is 2.73. The van der Waals surface area contributed by atoms with Crippen molar-refractivity contribution in [2.75, 3.05) is 0 Å². The Labute approximate surface area is 131 Å². The van der Waals surface area contributed by atoms with E-state index in [1.54, 1.807) is 6.20 Å². The minimum atomic E-state index is -1.22. The highest BCUT2D eigenvalue weighted by Gasteiger charge is 2.01. The number of nitrogens with one attached hydrogen (secondary N) is 1. The quantitative estimate of drug-likeness (QED) is 0.364. The number of hydrogen-bond donors (Lipinski definition) is 3. The first-order valence-corrected chi connectivity index (χ1v) is 6.65. The van der Waals surface area contributed by atoms with Crippen molar-refractivity contribution in [3.63, 3.8) is 0 Å². The number of pyridine rings is 2. The highest BCUT2D eigenvalue weighted by atomic mass is 35.5. The van der Waals surface area contributed by atoms with Gasteiger partial charge in [-0.15, -0.1) is 0 Å². The van der Waals surface area contributed by atoms with Crippen LogP contribution >= 0.6 is 11.6 Å². The third kappa shape index (κ3) is 4.15. The Morgan fingerprint density at radius 1 is 1.14 bits per heavy atom. The summed E-state index contributed by atoms with van der Waals surface area (Å²) in [6.45, 7) is 0. The zero-order valence-electron chi connectivity index (χ0n) is 11.4. The number of benzene rings is 1. The summed E-state index contributed by atoms with van der Waals surface area (Å²) in [5.74, 6) is 4.32. The van der Waals surface area contributed by atoms with E-state index in [0.717, 1.165) is 27.3 Å². The molecular formula is C15H13ClN4O2. The van der Waals surface area contributed by atoms with Crippen LogP contribution in [0.3, 0.4) is 0 Å². The summed E-state index contributed by atoms with van der Waals surface area (Å²) in [5.41, 5.74) is 4.16. The van der Waals surface area contributed by atoms with Crippen molar-refractivity contribution < 1.29 is 9.90 Å². The summed E-state index contributed by atoms with van der Waals surface area (Å²) in [6.07, 6.45) is 0.533. The maximum atomic E-state index is 9.13. The topological polar surface area (TPSA) is 101 Å². The molecule has 6 nitrogen and oxygen atoms in total. The third-order valence-corrected chi connectivity index (χ3v) is 2.98. The SMILES string of the molecule is Clc1ccc(-c2ccc3cccnc3n2)cc1.NNC(=O)O. The van der Waals surface area contributed by atoms with E-state index in [2.05, 4.69) is 15.8 Å². The van der Waals surface area contributed by atoms with E-state index in [0.29, 0.717) is 0 Å². The number of carbonyl (C=O) groups is 1. The van der Waals surface area contributed by atoms with E-state index >= 15 is 0 Å². The Bertz CT molecular complexity index is 778. The van der Waals surface area contributed by atoms with Crippen LogP contribution in [0.25, 0.3) is 22.3 Å². The minimum absolute atomic E-state index is 0.729. The number of rotatable bonds is 1. The van der Waals surface area contributed by atoms with E-state index in [4.69, 9.17) is 21.5 Å². The summed E-state index contributed by atoms with van der Waals surface area (Å²) in [7, 11) is 0. The van der Waals surface area contributed by atoms with Crippen molar-refractivity contribution in [3.05, 3.63) is 59.8 Å². The Kier molecular flexibility index (Phi) is 5.24. The van der Waals surface area contributed by atoms with Crippen LogP contribution < -0.4 is 11.3 Å². The second-order valence-electron chi connectivity index (χ2n) is 4.20. The van der Waals surface area contributed by atoms with Crippen molar-refractivity contribution in [2.24, 2.45) is 5.84 Å². The molecule has 0 aliphatic carbocycles. The van der Waals surface area contributed by atoms with Gasteiger partial charge < -0.3 is 5.11 Å². The van der Waals surface area contributed by atoms with E-state index in [1.807, 2.05) is 48.5 Å². The van der Waals surface area contributed by atoms with Gasteiger partial charge in [-0.05, 0) is 36.4 Å². The average molecular weight is 317 g/mol. The van der Waals surface area contributed by atoms with Gasteiger partial charge in [0.05, 0.1) is 5.69 Å². The fraction of sp³-hybridized carbons (Fsp3) is 0. The molecule has 0 fully saturated rings. The smallest absolute Gasteiger partial charge is 0.418 e. The zero-order chi connectivity index (χ0) is 15.9. The summed E-state index contributed by atoms with van der Waals surface area (Å²) >= 11 is 5.86. The van der Waals surface area contributed by atoms with Crippen molar-refractivity contribution >= 4 is 28.7 Å². The maximum Gasteiger partial charge on any atom is 0.418 e. The fourth-order valence-corrected chi connectivity index (χ4v) is 1.86. The lowest BCUT2D eigenvalue weighted by Crippen LogP contribution is -2.27. The first kappa shape index (κ1) is 15.7. The number of nitrogens with zero attached hydrogens (tertiary/aromatic N) is 2. The number of nitrogens with two attached hydrogens (primary N) is 1. The van der Waals surface area contributed by atoms with Crippen LogP contribution in [0, 0.1) is 0 Å². The molecule has 1 amide bonds. The molecule has 3 rings (SSSR count). The van der Waals surface area contributed by atoms with Crippen LogP contribution in [0.4, 0.5) is 4.79 Å². The summed E-state index contributed by atoms with van der Waals surface area (Å²) in [4.78, 5) is 17.9. The molecule has 0 aliphatic heterocycles. The Morgan fingerprint density at radius 2 is 1.82 bits per heavy atom. The van der Waals surface area contributed by atoms with E-state index in [-0.39, 0.29) is 0 Å². The standard InChI is InChI=1S/C14H9ClN2.CH4N2O2/c15-12-6-3-10(4-7-12)13-8-5-11-2-1-9-16-14(11)17-13;2-3-1(4)5/h1-9H;3H,2H2,(H,4,5). The molecule has 3 aromatic rings. The van der Waals surface area contributed by atoms with E-state index in [1.165, 1.54) is 5.43 Å². The van der Waals surface area contributed by atoms with Crippen molar-refractivity contribution in [1.29, 1.82) is 0 Å². The molecule has 0 atom stereocenters. The molecule has 2 aromatic heterocycles. The van der Waals surface area contributed by atoms with Gasteiger partial charge in [0.1, 0.15) is 0 Å². The number of aromatic nitrogens is 2. The van der Waals surface area contributed by atoms with Gasteiger partial charge in [0.25, 0.3) is 0 Å². The van der Waals surface area contributed by atoms with Gasteiger partial charge in [-0.2, -0.15) is 0 Å². The molecule has 7 heteroatoms. The molecule has 0 aliphatic rings. The van der Waals surface area contributed by atoms with Gasteiger partial charge in [-0.1, -0.05) is 23.7 Å². The second kappa shape index (κ2) is 7.35. The van der Waals surface area contributed by atoms with E-state index in [9.17, 15) is 0 Å². The van der Waals surface area contributed by atoms with Crippen molar-refractivity contribution in [3.8, 4) is 11.3 Å². The Morgan fingerprint density at radius 3 is 2.45 bits per heavy atom. The molecule has 2 heterocycles. The summed E-state index contributed by atoms with van der Waals surface area (Å²) < 4.78 is 0. The van der Waals surface area contributed by atoms with E-state index < -0.39 is 6.09 Å². The van der Waals surface area contributed by atoms with Gasteiger partial charge >= 0.3 is 6.09 Å². The number of amides is 1. The molecule has 22 heavy (non-hydrogen) atoms. The summed E-state index contributed by atoms with van der Waals surface area (Å²) in [5, 5.41) is 9.26. The van der Waals surface area contributed by atoms with Crippen molar-refractivity contribution in [2.45, 2.75) is 0 Å². The Hall–Kier alpha value is -2.70. The molecule has 0 saturated carbocycles. The number of fused-ring (bicyclic) bond motifs is 1. The second-order valence-corrected chi connectivity index (χ2v) is 4.64. The first-order valence-electron chi connectivity index (χ1n) is 6.27. The molecule has 0 spiro atoms. The molecular weight excluding hydrogens is 304 g/mol. The number of carboxylic acid groups (broad SMARTS) is 1. The summed E-state index contributed by atoms with van der Waals surface area (Å²) in [6, 6.07) is 15.6. The highest BCUT2D eigenvalue weighted by molar-refractivity contribution is 6.30. The van der Waals surface area contributed by atoms with Crippen LogP contribution in [0.5, 0.6) is 0 Å². The van der Waals surface area contributed by atoms with Gasteiger partial charge in [-0.3, -0.25) is 5.43 Å². The molecule has 112 valence electrons. The lowest BCUT2D eigenvalue weighted by atomic mass is 10.1. The average Bonchev–Trinajstić information content (AvgIpc) is 2.55. The molecule has 0 bridgehead atoms. The zero-order valence-corrected chi connectivity index (χ0v) is 12.2. The molecule has 0 saturated heterocycles. The fourth-order valence-electron chi connectivity index (χ4n) is 1.73. The molecule has 0 unspecified atom stereocenters. The largest absolute Gasteiger partial charge is 0.464 e. The first-order chi connectivity index (χ1) is 10.6. The van der Waals surface area contributed by atoms with Gasteiger partial charge in [0, 0.05) is 22.2 Å². The van der Waals surface area contributed by atoms with Crippen LogP contribution in [-0.2, 0) is 0 Å². The number of hydrogen-bond acceptors (Lipinski definition) is 4. The minimum Gasteiger partial charge on any atom is -0.464 e. The van der Waals surface area contributed by atoms with Crippen LogP contribution in [0.1, 0.15) is 0 Å². The van der Waals surface area contributed by atoms with Crippen LogP contribution in [0.2, 0.25) is 5.02 Å². The molecule has 0 radical (unpaired) electrons. The lowest BCUT2D eigenvalue weighted by molar-refractivity contribution is 0.194. The van der Waals surface area contributed by atoms with Crippen LogP contribution in [0.15, 0.2) is 54.7 Å². The number of hydrazine groups is 1. The highest BCUT2D eigenvalue weighted by Crippen LogP contribution is 2.21. The lowest BCUT2D eigenvalue weighted by Gasteiger charge is -2.02. The number of halogens is 1. The van der Waals surface area contributed by atoms with Crippen LogP contribution in [-0.4, -0.2) is 21.2 Å². The predicted octanol–water partition coefficient (Wildman–Crippen LogP) is 3.08. The normalized spacial score (nSPS) is 9.73. The van der Waals surface area contributed by atoms with Gasteiger partial charge in [0.2, 0.25) is 0 Å². The van der Waals surface area contributed by atoms with Gasteiger partial charge in [-0.25, -0.2) is 20.6 Å². The van der Waals surface area contributed by atoms with Crippen molar-refractivity contribution in [1.82, 2.24) is 15.4 Å². The molecule has 1 aromatic carbocycles. The maximum absolute atomic E-state index is 9.13. The van der Waals surface area contributed by atoms with Gasteiger partial charge in [0.15, 0.2) is 5.65 Å². The monoisotopic (exact) mass is 316 g/mol.